The predicted molar refractivity (Wildman–Crippen MR) is 70.1 cm³/mol. The molecule has 1 saturated carbocycles. The first-order valence-corrected chi connectivity index (χ1v) is 6.50. The van der Waals surface area contributed by atoms with Gasteiger partial charge in [0.25, 0.3) is 0 Å². The Kier molecular flexibility index (Phi) is 2.60. The maximum Gasteiger partial charge on any atom is 0.127 e. The van der Waals surface area contributed by atoms with Crippen LogP contribution in [0.25, 0.3) is 11.0 Å². The number of hydrogen-bond acceptors (Lipinski definition) is 2. The van der Waals surface area contributed by atoms with E-state index in [-0.39, 0.29) is 5.54 Å². The molecule has 0 atom stereocenters. The van der Waals surface area contributed by atoms with Crippen molar-refractivity contribution in [3.8, 4) is 0 Å². The summed E-state index contributed by atoms with van der Waals surface area (Å²) in [6.07, 6.45) is 5.69. The van der Waals surface area contributed by atoms with E-state index in [1.54, 1.807) is 0 Å². The SMILES string of the molecule is NC1(c2nc3cc(Cl)ccc3[nH]2)CCCCC1. The Balaban J connectivity index is 2.05. The molecule has 3 rings (SSSR count). The minimum absolute atomic E-state index is 0.274. The lowest BCUT2D eigenvalue weighted by Crippen LogP contribution is -2.39. The highest BCUT2D eigenvalue weighted by Gasteiger charge is 2.32. The van der Waals surface area contributed by atoms with E-state index in [0.29, 0.717) is 5.02 Å². The number of aromatic amines is 1. The first-order chi connectivity index (χ1) is 8.17. The first kappa shape index (κ1) is 11.1. The Morgan fingerprint density at radius 3 is 2.76 bits per heavy atom. The van der Waals surface area contributed by atoms with Gasteiger partial charge in [0.05, 0.1) is 16.6 Å². The van der Waals surface area contributed by atoms with Crippen molar-refractivity contribution in [2.45, 2.75) is 37.6 Å². The van der Waals surface area contributed by atoms with Gasteiger partial charge in [0.2, 0.25) is 0 Å². The minimum atomic E-state index is -0.274. The molecule has 0 radical (unpaired) electrons. The van der Waals surface area contributed by atoms with E-state index in [9.17, 15) is 0 Å². The molecule has 0 spiro atoms. The Bertz CT molecular complexity index is 541. The van der Waals surface area contributed by atoms with Crippen molar-refractivity contribution >= 4 is 22.6 Å². The van der Waals surface area contributed by atoms with E-state index in [2.05, 4.69) is 9.97 Å². The Morgan fingerprint density at radius 1 is 1.24 bits per heavy atom. The van der Waals surface area contributed by atoms with Crippen molar-refractivity contribution < 1.29 is 0 Å². The van der Waals surface area contributed by atoms with Crippen LogP contribution < -0.4 is 5.73 Å². The lowest BCUT2D eigenvalue weighted by molar-refractivity contribution is 0.289. The van der Waals surface area contributed by atoms with E-state index < -0.39 is 0 Å². The fourth-order valence-electron chi connectivity index (χ4n) is 2.63. The van der Waals surface area contributed by atoms with Gasteiger partial charge in [-0.25, -0.2) is 4.98 Å². The standard InChI is InChI=1S/C13H16ClN3/c14-9-4-5-10-11(8-9)17-12(16-10)13(15)6-2-1-3-7-13/h4-5,8H,1-3,6-7,15H2,(H,16,17). The quantitative estimate of drug-likeness (QED) is 0.815. The maximum absolute atomic E-state index is 6.46. The zero-order valence-electron chi connectivity index (χ0n) is 9.67. The lowest BCUT2D eigenvalue weighted by Gasteiger charge is -2.31. The summed E-state index contributed by atoms with van der Waals surface area (Å²) < 4.78 is 0. The number of aromatic nitrogens is 2. The molecular weight excluding hydrogens is 234 g/mol. The van der Waals surface area contributed by atoms with E-state index in [1.165, 1.54) is 19.3 Å². The number of benzene rings is 1. The number of nitrogens with zero attached hydrogens (tertiary/aromatic N) is 1. The molecule has 0 bridgehead atoms. The van der Waals surface area contributed by atoms with Crippen LogP contribution in [0.3, 0.4) is 0 Å². The molecule has 1 aliphatic rings. The lowest BCUT2D eigenvalue weighted by atomic mass is 9.82. The number of nitrogens with two attached hydrogens (primary N) is 1. The Hall–Kier alpha value is -1.06. The van der Waals surface area contributed by atoms with E-state index in [1.807, 2.05) is 18.2 Å². The third kappa shape index (κ3) is 1.94. The van der Waals surface area contributed by atoms with Crippen molar-refractivity contribution in [1.82, 2.24) is 9.97 Å². The van der Waals surface area contributed by atoms with Gasteiger partial charge in [-0.3, -0.25) is 0 Å². The maximum atomic E-state index is 6.46. The largest absolute Gasteiger partial charge is 0.340 e. The van der Waals surface area contributed by atoms with Crippen LogP contribution in [-0.4, -0.2) is 9.97 Å². The molecular formula is C13H16ClN3. The van der Waals surface area contributed by atoms with Gasteiger partial charge >= 0.3 is 0 Å². The van der Waals surface area contributed by atoms with E-state index >= 15 is 0 Å². The van der Waals surface area contributed by atoms with Crippen molar-refractivity contribution in [2.75, 3.05) is 0 Å². The number of hydrogen-bond donors (Lipinski definition) is 2. The monoisotopic (exact) mass is 249 g/mol. The molecule has 90 valence electrons. The van der Waals surface area contributed by atoms with Crippen molar-refractivity contribution in [3.63, 3.8) is 0 Å². The summed E-state index contributed by atoms with van der Waals surface area (Å²) in [5.41, 5.74) is 8.10. The molecule has 0 saturated heterocycles. The molecule has 0 aliphatic heterocycles. The smallest absolute Gasteiger partial charge is 0.127 e. The molecule has 1 heterocycles. The van der Waals surface area contributed by atoms with Crippen LogP contribution >= 0.6 is 11.6 Å². The summed E-state index contributed by atoms with van der Waals surface area (Å²) in [6, 6.07) is 5.71. The van der Waals surface area contributed by atoms with Gasteiger partial charge in [0.15, 0.2) is 0 Å². The van der Waals surface area contributed by atoms with Gasteiger partial charge in [0.1, 0.15) is 5.82 Å². The molecule has 4 heteroatoms. The highest BCUT2D eigenvalue weighted by Crippen LogP contribution is 2.34. The van der Waals surface area contributed by atoms with Crippen LogP contribution in [0.2, 0.25) is 5.02 Å². The van der Waals surface area contributed by atoms with Gasteiger partial charge in [-0.1, -0.05) is 30.9 Å². The van der Waals surface area contributed by atoms with Crippen molar-refractivity contribution in [1.29, 1.82) is 0 Å². The second-order valence-electron chi connectivity index (χ2n) is 4.96. The molecule has 1 aromatic heterocycles. The number of halogens is 1. The topological polar surface area (TPSA) is 54.7 Å². The highest BCUT2D eigenvalue weighted by molar-refractivity contribution is 6.31. The van der Waals surface area contributed by atoms with Crippen molar-refractivity contribution in [3.05, 3.63) is 29.0 Å². The molecule has 1 aromatic carbocycles. The normalized spacial score (nSPS) is 19.6. The predicted octanol–water partition coefficient (Wildman–Crippen LogP) is 3.33. The van der Waals surface area contributed by atoms with Crippen LogP contribution in [0.15, 0.2) is 18.2 Å². The molecule has 1 fully saturated rings. The van der Waals surface area contributed by atoms with Gasteiger partial charge in [-0.05, 0) is 31.0 Å². The third-order valence-electron chi connectivity index (χ3n) is 3.66. The molecule has 2 aromatic rings. The number of imidazole rings is 1. The Morgan fingerprint density at radius 2 is 2.00 bits per heavy atom. The van der Waals surface area contributed by atoms with Gasteiger partial charge in [-0.2, -0.15) is 0 Å². The molecule has 1 aliphatic carbocycles. The number of fused-ring (bicyclic) bond motifs is 1. The van der Waals surface area contributed by atoms with E-state index in [4.69, 9.17) is 17.3 Å². The van der Waals surface area contributed by atoms with Crippen LogP contribution in [0, 0.1) is 0 Å². The van der Waals surface area contributed by atoms with Crippen LogP contribution in [-0.2, 0) is 5.54 Å². The zero-order chi connectivity index (χ0) is 11.9. The number of rotatable bonds is 1. The summed E-state index contributed by atoms with van der Waals surface area (Å²) in [5.74, 6) is 0.912. The molecule has 3 nitrogen and oxygen atoms in total. The molecule has 0 unspecified atom stereocenters. The molecule has 0 amide bonds. The average Bonchev–Trinajstić information content (AvgIpc) is 2.73. The average molecular weight is 250 g/mol. The second-order valence-corrected chi connectivity index (χ2v) is 5.40. The fraction of sp³-hybridized carbons (Fsp3) is 0.462. The highest BCUT2D eigenvalue weighted by atomic mass is 35.5. The second kappa shape index (κ2) is 4.00. The van der Waals surface area contributed by atoms with Crippen molar-refractivity contribution in [2.24, 2.45) is 5.73 Å². The summed E-state index contributed by atoms with van der Waals surface area (Å²) in [6.45, 7) is 0. The summed E-state index contributed by atoms with van der Waals surface area (Å²) in [5, 5.41) is 0.713. The van der Waals surface area contributed by atoms with Crippen LogP contribution in [0.4, 0.5) is 0 Å². The summed E-state index contributed by atoms with van der Waals surface area (Å²) >= 11 is 5.96. The third-order valence-corrected chi connectivity index (χ3v) is 3.90. The zero-order valence-corrected chi connectivity index (χ0v) is 10.4. The fourth-order valence-corrected chi connectivity index (χ4v) is 2.80. The van der Waals surface area contributed by atoms with Gasteiger partial charge in [0, 0.05) is 5.02 Å². The Labute approximate surface area is 105 Å². The van der Waals surface area contributed by atoms with E-state index in [0.717, 1.165) is 29.7 Å². The first-order valence-electron chi connectivity index (χ1n) is 6.12. The van der Waals surface area contributed by atoms with Crippen LogP contribution in [0.5, 0.6) is 0 Å². The number of H-pyrrole nitrogens is 1. The summed E-state index contributed by atoms with van der Waals surface area (Å²) in [7, 11) is 0. The summed E-state index contributed by atoms with van der Waals surface area (Å²) in [4.78, 5) is 7.94. The molecule has 3 N–H and O–H groups in total. The minimum Gasteiger partial charge on any atom is -0.340 e. The molecule has 17 heavy (non-hydrogen) atoms. The van der Waals surface area contributed by atoms with Crippen LogP contribution in [0.1, 0.15) is 37.9 Å². The number of nitrogens with one attached hydrogen (secondary N) is 1. The van der Waals surface area contributed by atoms with Gasteiger partial charge < -0.3 is 10.7 Å². The van der Waals surface area contributed by atoms with Gasteiger partial charge in [-0.15, -0.1) is 0 Å².